The zero-order valence-corrected chi connectivity index (χ0v) is 14.7. The van der Waals surface area contributed by atoms with Gasteiger partial charge in [-0.05, 0) is 68.8 Å². The maximum atomic E-state index is 10.2. The van der Waals surface area contributed by atoms with Crippen LogP contribution < -0.4 is 0 Å². The number of phenols is 1. The second-order valence-electron chi connectivity index (χ2n) is 5.80. The van der Waals surface area contributed by atoms with Crippen LogP contribution in [-0.2, 0) is 12.8 Å². The highest BCUT2D eigenvalue weighted by molar-refractivity contribution is 8.93. The lowest BCUT2D eigenvalue weighted by Gasteiger charge is -2.35. The van der Waals surface area contributed by atoms with E-state index in [9.17, 15) is 5.11 Å². The molecule has 0 aromatic heterocycles. The molecule has 0 heterocycles. The number of phenolic OH excluding ortho intramolecular Hbond substituents is 1. The number of aryl methyl sites for hydroxylation is 1. The Hall–Kier alpha value is -0.540. The minimum atomic E-state index is 0. The molecule has 1 unspecified atom stereocenters. The number of hydrogen-bond donors (Lipinski definition) is 1. The Morgan fingerprint density at radius 1 is 1.20 bits per heavy atom. The van der Waals surface area contributed by atoms with E-state index < -0.39 is 0 Å². The summed E-state index contributed by atoms with van der Waals surface area (Å²) >= 11 is 0. The summed E-state index contributed by atoms with van der Waals surface area (Å²) in [6.07, 6.45) is 5.76. The molecular formula is C17H28BrNO. The molecule has 1 N–H and O–H groups in total. The standard InChI is InChI=1S/C17H27NO.BrH/c1-4-10-18(11-5-2)15-8-9-16-14(12-15)7-6-13(3)17(16)19;/h6-7,15,19H,4-5,8-12H2,1-3H3;1H. The zero-order chi connectivity index (χ0) is 13.8. The molecule has 1 aromatic carbocycles. The largest absolute Gasteiger partial charge is 0.507 e. The number of fused-ring (bicyclic) bond motifs is 1. The molecule has 20 heavy (non-hydrogen) atoms. The molecule has 0 saturated carbocycles. The van der Waals surface area contributed by atoms with Gasteiger partial charge in [-0.15, -0.1) is 17.0 Å². The summed E-state index contributed by atoms with van der Waals surface area (Å²) in [6.45, 7) is 8.91. The monoisotopic (exact) mass is 341 g/mol. The maximum absolute atomic E-state index is 10.2. The predicted molar refractivity (Wildman–Crippen MR) is 91.1 cm³/mol. The van der Waals surface area contributed by atoms with Crippen molar-refractivity contribution in [2.24, 2.45) is 0 Å². The Labute approximate surface area is 134 Å². The Morgan fingerprint density at radius 2 is 1.85 bits per heavy atom. The van der Waals surface area contributed by atoms with Gasteiger partial charge < -0.3 is 10.0 Å². The van der Waals surface area contributed by atoms with Crippen molar-refractivity contribution in [3.8, 4) is 5.75 Å². The first-order valence-electron chi connectivity index (χ1n) is 7.71. The van der Waals surface area contributed by atoms with Crippen molar-refractivity contribution in [2.75, 3.05) is 13.1 Å². The molecule has 1 atom stereocenters. The highest BCUT2D eigenvalue weighted by Crippen LogP contribution is 2.33. The fourth-order valence-electron chi connectivity index (χ4n) is 3.30. The minimum absolute atomic E-state index is 0. The van der Waals surface area contributed by atoms with Crippen molar-refractivity contribution in [3.63, 3.8) is 0 Å². The number of hydrogen-bond acceptors (Lipinski definition) is 2. The highest BCUT2D eigenvalue weighted by atomic mass is 79.9. The van der Waals surface area contributed by atoms with Gasteiger partial charge in [0.2, 0.25) is 0 Å². The molecule has 0 fully saturated rings. The predicted octanol–water partition coefficient (Wildman–Crippen LogP) is 4.26. The summed E-state index contributed by atoms with van der Waals surface area (Å²) in [5, 5.41) is 10.2. The van der Waals surface area contributed by atoms with E-state index in [-0.39, 0.29) is 17.0 Å². The maximum Gasteiger partial charge on any atom is 0.121 e. The summed E-state index contributed by atoms with van der Waals surface area (Å²) in [7, 11) is 0. The summed E-state index contributed by atoms with van der Waals surface area (Å²) in [5.41, 5.74) is 3.57. The van der Waals surface area contributed by atoms with Crippen molar-refractivity contribution >= 4 is 17.0 Å². The Bertz CT molecular complexity index is 427. The van der Waals surface area contributed by atoms with Gasteiger partial charge in [-0.1, -0.05) is 26.0 Å². The number of rotatable bonds is 5. The van der Waals surface area contributed by atoms with E-state index >= 15 is 0 Å². The van der Waals surface area contributed by atoms with Crippen molar-refractivity contribution < 1.29 is 5.11 Å². The summed E-state index contributed by atoms with van der Waals surface area (Å²) in [4.78, 5) is 2.64. The van der Waals surface area contributed by atoms with E-state index in [1.165, 1.54) is 43.5 Å². The first-order chi connectivity index (χ1) is 9.17. The van der Waals surface area contributed by atoms with Gasteiger partial charge in [0.05, 0.1) is 0 Å². The van der Waals surface area contributed by atoms with Crippen molar-refractivity contribution in [1.29, 1.82) is 0 Å². The fraction of sp³-hybridized carbons (Fsp3) is 0.647. The van der Waals surface area contributed by atoms with Crippen LogP contribution in [-0.4, -0.2) is 29.1 Å². The van der Waals surface area contributed by atoms with Crippen LogP contribution in [0.3, 0.4) is 0 Å². The molecular weight excluding hydrogens is 314 g/mol. The highest BCUT2D eigenvalue weighted by Gasteiger charge is 2.25. The summed E-state index contributed by atoms with van der Waals surface area (Å²) < 4.78 is 0. The van der Waals surface area contributed by atoms with Gasteiger partial charge in [0.1, 0.15) is 5.75 Å². The lowest BCUT2D eigenvalue weighted by atomic mass is 9.85. The average molecular weight is 342 g/mol. The van der Waals surface area contributed by atoms with Crippen LogP contribution in [0.15, 0.2) is 12.1 Å². The second kappa shape index (κ2) is 8.04. The van der Waals surface area contributed by atoms with Gasteiger partial charge in [0, 0.05) is 6.04 Å². The molecule has 2 nitrogen and oxygen atoms in total. The number of aromatic hydroxyl groups is 1. The summed E-state index contributed by atoms with van der Waals surface area (Å²) in [6, 6.07) is 4.93. The molecule has 1 aliphatic rings. The van der Waals surface area contributed by atoms with E-state index in [1.54, 1.807) is 0 Å². The molecule has 114 valence electrons. The normalized spacial score (nSPS) is 17.7. The number of halogens is 1. The van der Waals surface area contributed by atoms with Crippen LogP contribution >= 0.6 is 17.0 Å². The van der Waals surface area contributed by atoms with Crippen molar-refractivity contribution in [2.45, 2.75) is 58.9 Å². The zero-order valence-electron chi connectivity index (χ0n) is 13.0. The first kappa shape index (κ1) is 17.5. The van der Waals surface area contributed by atoms with E-state index in [0.717, 1.165) is 18.4 Å². The smallest absolute Gasteiger partial charge is 0.121 e. The van der Waals surface area contributed by atoms with E-state index in [2.05, 4.69) is 30.9 Å². The topological polar surface area (TPSA) is 23.5 Å². The summed E-state index contributed by atoms with van der Waals surface area (Å²) in [5.74, 6) is 0.536. The van der Waals surface area contributed by atoms with Gasteiger partial charge in [0.15, 0.2) is 0 Å². The molecule has 2 rings (SSSR count). The van der Waals surface area contributed by atoms with Gasteiger partial charge in [-0.25, -0.2) is 0 Å². The van der Waals surface area contributed by atoms with E-state index in [0.29, 0.717) is 11.8 Å². The minimum Gasteiger partial charge on any atom is -0.507 e. The van der Waals surface area contributed by atoms with Crippen LogP contribution in [0, 0.1) is 6.92 Å². The Morgan fingerprint density at radius 3 is 2.45 bits per heavy atom. The van der Waals surface area contributed by atoms with Gasteiger partial charge in [0.25, 0.3) is 0 Å². The van der Waals surface area contributed by atoms with Gasteiger partial charge >= 0.3 is 0 Å². The van der Waals surface area contributed by atoms with Gasteiger partial charge in [-0.3, -0.25) is 0 Å². The van der Waals surface area contributed by atoms with Gasteiger partial charge in [-0.2, -0.15) is 0 Å². The molecule has 1 aliphatic carbocycles. The average Bonchev–Trinajstić information content (AvgIpc) is 2.42. The number of benzene rings is 1. The van der Waals surface area contributed by atoms with Crippen LogP contribution in [0.4, 0.5) is 0 Å². The molecule has 0 spiro atoms. The molecule has 1 aromatic rings. The third-order valence-electron chi connectivity index (χ3n) is 4.30. The molecule has 0 saturated heterocycles. The lowest BCUT2D eigenvalue weighted by Crippen LogP contribution is -2.40. The molecule has 0 amide bonds. The quantitative estimate of drug-likeness (QED) is 0.864. The number of nitrogens with zero attached hydrogens (tertiary/aromatic N) is 1. The first-order valence-corrected chi connectivity index (χ1v) is 7.71. The van der Waals surface area contributed by atoms with Crippen LogP contribution in [0.2, 0.25) is 0 Å². The van der Waals surface area contributed by atoms with E-state index in [4.69, 9.17) is 0 Å². The fourth-order valence-corrected chi connectivity index (χ4v) is 3.30. The van der Waals surface area contributed by atoms with Crippen molar-refractivity contribution in [3.05, 3.63) is 28.8 Å². The van der Waals surface area contributed by atoms with Crippen LogP contribution in [0.25, 0.3) is 0 Å². The van der Waals surface area contributed by atoms with Crippen LogP contribution in [0.1, 0.15) is 49.8 Å². The lowest BCUT2D eigenvalue weighted by molar-refractivity contribution is 0.179. The Kier molecular flexibility index (Phi) is 7.04. The SMILES string of the molecule is Br.CCCN(CCC)C1CCc2c(ccc(C)c2O)C1. The Balaban J connectivity index is 0.00000200. The molecule has 0 aliphatic heterocycles. The molecule has 3 heteroatoms. The molecule has 0 bridgehead atoms. The third-order valence-corrected chi connectivity index (χ3v) is 4.30. The van der Waals surface area contributed by atoms with Crippen molar-refractivity contribution in [1.82, 2.24) is 4.90 Å². The van der Waals surface area contributed by atoms with E-state index in [1.807, 2.05) is 6.92 Å². The third kappa shape index (κ3) is 3.76. The second-order valence-corrected chi connectivity index (χ2v) is 5.80. The molecule has 0 radical (unpaired) electrons. The van der Waals surface area contributed by atoms with Crippen LogP contribution in [0.5, 0.6) is 5.75 Å².